The third-order valence-corrected chi connectivity index (χ3v) is 5.49. The van der Waals surface area contributed by atoms with Gasteiger partial charge in [-0.3, -0.25) is 20.3 Å². The van der Waals surface area contributed by atoms with Gasteiger partial charge in [0.2, 0.25) is 5.91 Å². The van der Waals surface area contributed by atoms with Crippen LogP contribution in [0.4, 0.5) is 0 Å². The predicted molar refractivity (Wildman–Crippen MR) is 146 cm³/mol. The van der Waals surface area contributed by atoms with Crippen LogP contribution in [0.25, 0.3) is 0 Å². The molecule has 0 aromatic carbocycles. The first-order chi connectivity index (χ1) is 17.2. The zero-order valence-electron chi connectivity index (χ0n) is 24.7. The minimum absolute atomic E-state index is 0. The van der Waals surface area contributed by atoms with Crippen molar-refractivity contribution < 1.29 is 18.4 Å². The molecule has 0 saturated carbocycles. The molecule has 0 aliphatic carbocycles. The van der Waals surface area contributed by atoms with Crippen LogP contribution >= 0.6 is 12.4 Å². The molecule has 0 aliphatic rings. The molecule has 0 fully saturated rings. The van der Waals surface area contributed by atoms with Gasteiger partial charge in [-0.1, -0.05) is 90.2 Å². The smallest absolute Gasteiger partial charge is 0.325 e. The molecule has 0 bridgehead atoms. The lowest BCUT2D eigenvalue weighted by molar-refractivity contribution is -0.144. The molecule has 1 amide bonds. The van der Waals surface area contributed by atoms with Crippen molar-refractivity contribution in [1.29, 1.82) is 5.41 Å². The van der Waals surface area contributed by atoms with E-state index in [2.05, 4.69) is 31.3 Å². The van der Waals surface area contributed by atoms with Gasteiger partial charge in [-0.05, 0) is 38.5 Å². The van der Waals surface area contributed by atoms with Crippen LogP contribution < -0.4 is 5.32 Å². The Bertz CT molecular complexity index is 632. The van der Waals surface area contributed by atoms with Gasteiger partial charge < -0.3 is 9.64 Å². The van der Waals surface area contributed by atoms with E-state index >= 15 is 0 Å². The maximum atomic E-state index is 12.2. The Kier molecular flexibility index (Phi) is 22.0. The summed E-state index contributed by atoms with van der Waals surface area (Å²) in [6.07, 6.45) is 22.1. The fourth-order valence-corrected chi connectivity index (χ4v) is 3.41. The second-order valence-corrected chi connectivity index (χ2v) is 8.74. The highest BCUT2D eigenvalue weighted by molar-refractivity contribution is 5.96. The van der Waals surface area contributed by atoms with Crippen molar-refractivity contribution >= 4 is 30.2 Å². The van der Waals surface area contributed by atoms with Gasteiger partial charge in [-0.25, -0.2) is 0 Å². The molecule has 7 heteroatoms. The van der Waals surface area contributed by atoms with Crippen molar-refractivity contribution in [2.45, 2.75) is 123 Å². The molecule has 0 saturated heterocycles. The molecule has 34 heavy (non-hydrogen) atoms. The maximum Gasteiger partial charge on any atom is 0.325 e. The van der Waals surface area contributed by atoms with E-state index in [0.717, 1.165) is 57.8 Å². The monoisotopic (exact) mass is 504 g/mol. The summed E-state index contributed by atoms with van der Waals surface area (Å²) in [6.45, 7) is 1.24. The van der Waals surface area contributed by atoms with Crippen molar-refractivity contribution in [1.82, 2.24) is 10.2 Å². The molecular weight excluding hydrogens is 450 g/mol. The predicted octanol–water partition coefficient (Wildman–Crippen LogP) is 7.16. The molecule has 0 atom stereocenters. The number of amides is 1. The number of rotatable bonds is 21. The highest BCUT2D eigenvalue weighted by Gasteiger charge is 2.13. The summed E-state index contributed by atoms with van der Waals surface area (Å²) in [5.74, 6) is -1.74. The highest BCUT2D eigenvalue weighted by atomic mass is 35.5. The summed E-state index contributed by atoms with van der Waals surface area (Å²) in [7, 11) is 0. The molecule has 0 heterocycles. The van der Waals surface area contributed by atoms with E-state index in [0.29, 0.717) is 11.3 Å². The van der Waals surface area contributed by atoms with Crippen LogP contribution in [0.2, 0.25) is 0 Å². The summed E-state index contributed by atoms with van der Waals surface area (Å²) >= 11 is 0. The molecule has 0 spiro atoms. The largest absolute Gasteiger partial charge is 0.464 e. The van der Waals surface area contributed by atoms with E-state index in [9.17, 15) is 9.59 Å². The number of carbonyl (C=O) groups is 2. The number of likely N-dealkylation sites (N-methyl/N-ethyl adjacent to an activating group) is 1. The van der Waals surface area contributed by atoms with Gasteiger partial charge in [0, 0.05) is 17.5 Å². The highest BCUT2D eigenvalue weighted by Crippen LogP contribution is 2.09. The molecule has 0 unspecified atom stereocenters. The van der Waals surface area contributed by atoms with Crippen LogP contribution in [0.3, 0.4) is 0 Å². The van der Waals surface area contributed by atoms with E-state index in [-0.39, 0.29) is 25.4 Å². The maximum absolute atomic E-state index is 12.2. The third kappa shape index (κ3) is 23.6. The fourth-order valence-electron chi connectivity index (χ4n) is 3.41. The minimum Gasteiger partial charge on any atom is -0.464 e. The summed E-state index contributed by atoms with van der Waals surface area (Å²) in [4.78, 5) is 24.8. The Labute approximate surface area is 219 Å². The first kappa shape index (κ1) is 28.7. The quantitative estimate of drug-likeness (QED) is 0.0570. The fraction of sp³-hybridized carbons (Fsp3) is 0.815. The van der Waals surface area contributed by atoms with Crippen LogP contribution in [-0.2, 0) is 14.3 Å². The third-order valence-electron chi connectivity index (χ3n) is 5.49. The number of unbranched alkanes of at least 4 members (excludes halogenated alkanes) is 13. The van der Waals surface area contributed by atoms with Crippen molar-refractivity contribution in [2.24, 2.45) is 0 Å². The SMILES string of the molecule is Cl.[2H]C([2H])([2H])N(CC(=O)OCCCCCCC)C(=N)NC(=O)CCCCC/C=C\CCCCCCCC. The lowest BCUT2D eigenvalue weighted by Gasteiger charge is -2.19. The van der Waals surface area contributed by atoms with Crippen LogP contribution in [0.5, 0.6) is 0 Å². The van der Waals surface area contributed by atoms with Gasteiger partial charge in [0.15, 0.2) is 5.96 Å². The Morgan fingerprint density at radius 3 is 1.97 bits per heavy atom. The average Bonchev–Trinajstić information content (AvgIpc) is 2.81. The molecule has 0 aliphatic heterocycles. The Balaban J connectivity index is 0. The van der Waals surface area contributed by atoms with Crippen molar-refractivity contribution in [2.75, 3.05) is 20.1 Å². The number of ether oxygens (including phenoxy) is 1. The summed E-state index contributed by atoms with van der Waals surface area (Å²) in [5, 5.41) is 10.3. The lowest BCUT2D eigenvalue weighted by atomic mass is 10.1. The van der Waals surface area contributed by atoms with E-state index in [1.807, 2.05) is 0 Å². The molecule has 6 nitrogen and oxygen atoms in total. The van der Waals surface area contributed by atoms with E-state index < -0.39 is 31.4 Å². The second-order valence-electron chi connectivity index (χ2n) is 8.74. The Hall–Kier alpha value is -1.56. The average molecular weight is 505 g/mol. The summed E-state index contributed by atoms with van der Waals surface area (Å²) < 4.78 is 27.9. The van der Waals surface area contributed by atoms with E-state index in [4.69, 9.17) is 14.3 Å². The number of nitrogens with zero attached hydrogens (tertiary/aromatic N) is 1. The Morgan fingerprint density at radius 1 is 0.853 bits per heavy atom. The number of nitrogens with one attached hydrogen (secondary N) is 2. The Morgan fingerprint density at radius 2 is 1.38 bits per heavy atom. The van der Waals surface area contributed by atoms with Crippen molar-refractivity contribution in [3.63, 3.8) is 0 Å². The van der Waals surface area contributed by atoms with Gasteiger partial charge >= 0.3 is 5.97 Å². The van der Waals surface area contributed by atoms with Crippen LogP contribution in [-0.4, -0.2) is 42.9 Å². The van der Waals surface area contributed by atoms with Crippen LogP contribution in [0, 0.1) is 5.41 Å². The van der Waals surface area contributed by atoms with E-state index in [1.165, 1.54) is 38.5 Å². The molecular formula is C27H52ClN3O3. The van der Waals surface area contributed by atoms with E-state index in [1.54, 1.807) is 0 Å². The number of guanidine groups is 1. The van der Waals surface area contributed by atoms with Gasteiger partial charge in [0.1, 0.15) is 6.54 Å². The zero-order chi connectivity index (χ0) is 27.1. The van der Waals surface area contributed by atoms with Crippen LogP contribution in [0.15, 0.2) is 12.2 Å². The zero-order valence-corrected chi connectivity index (χ0v) is 22.5. The normalized spacial score (nSPS) is 12.4. The number of esters is 1. The molecule has 0 aromatic rings. The summed E-state index contributed by atoms with van der Waals surface area (Å²) in [6, 6.07) is 0. The van der Waals surface area contributed by atoms with Gasteiger partial charge in [-0.15, -0.1) is 12.4 Å². The van der Waals surface area contributed by atoms with Gasteiger partial charge in [0.25, 0.3) is 0 Å². The first-order valence-corrected chi connectivity index (χ1v) is 13.2. The minimum atomic E-state index is -2.73. The number of halogens is 1. The molecule has 2 N–H and O–H groups in total. The molecule has 0 aromatic heterocycles. The van der Waals surface area contributed by atoms with Gasteiger partial charge in [-0.2, -0.15) is 0 Å². The van der Waals surface area contributed by atoms with Crippen LogP contribution in [0.1, 0.15) is 127 Å². The lowest BCUT2D eigenvalue weighted by Crippen LogP contribution is -2.43. The standard InChI is InChI=1S/C27H51N3O3.ClH/c1-4-6-8-10-11-12-13-14-15-16-17-18-20-22-25(31)29-27(28)30(3)24-26(32)33-23-21-19-9-7-5-2;/h14-15H,4-13,16-24H2,1-3H3,(H2,28,29,31);1H/b15-14-;/i3D3;. The van der Waals surface area contributed by atoms with Crippen molar-refractivity contribution in [3.8, 4) is 0 Å². The molecule has 200 valence electrons. The number of hydrogen-bond donors (Lipinski definition) is 2. The number of hydrogen-bond acceptors (Lipinski definition) is 4. The summed E-state index contributed by atoms with van der Waals surface area (Å²) in [5.41, 5.74) is 0. The van der Waals surface area contributed by atoms with Gasteiger partial charge in [0.05, 0.1) is 6.61 Å². The first-order valence-electron chi connectivity index (χ1n) is 14.7. The topological polar surface area (TPSA) is 82.5 Å². The molecule has 0 radical (unpaired) electrons. The number of allylic oxidation sites excluding steroid dienone is 2. The van der Waals surface area contributed by atoms with Crippen molar-refractivity contribution in [3.05, 3.63) is 12.2 Å². The molecule has 0 rings (SSSR count). The number of carbonyl (C=O) groups excluding carboxylic acids is 2. The second kappa shape index (κ2) is 26.1.